The lowest BCUT2D eigenvalue weighted by molar-refractivity contribution is 0.0000949. The van der Waals surface area contributed by atoms with Crippen LogP contribution in [0.15, 0.2) is 10.6 Å². The fourth-order valence-electron chi connectivity index (χ4n) is 1.56. The van der Waals surface area contributed by atoms with E-state index in [0.29, 0.717) is 5.92 Å². The summed E-state index contributed by atoms with van der Waals surface area (Å²) in [6, 6.07) is 0. The van der Waals surface area contributed by atoms with Gasteiger partial charge in [0, 0.05) is 13.5 Å². The maximum Gasteiger partial charge on any atom is 0.194 e. The topological polar surface area (TPSA) is 47.3 Å². The van der Waals surface area contributed by atoms with E-state index in [9.17, 15) is 0 Å². The molecule has 1 aromatic heterocycles. The van der Waals surface area contributed by atoms with E-state index in [1.807, 2.05) is 13.8 Å². The van der Waals surface area contributed by atoms with Crippen LogP contribution in [-0.2, 0) is 16.8 Å². The van der Waals surface area contributed by atoms with Crippen LogP contribution in [0.25, 0.3) is 0 Å². The van der Waals surface area contributed by atoms with E-state index in [1.165, 1.54) is 0 Å². The number of hydrogen-bond donors (Lipinski definition) is 1. The van der Waals surface area contributed by atoms with Crippen LogP contribution >= 0.6 is 0 Å². The molecule has 0 fully saturated rings. The molecule has 4 nitrogen and oxygen atoms in total. The normalized spacial score (nSPS) is 12.3. The molecule has 0 saturated carbocycles. The monoisotopic (exact) mass is 254 g/mol. The van der Waals surface area contributed by atoms with E-state index < -0.39 is 5.60 Å². The van der Waals surface area contributed by atoms with E-state index in [2.05, 4.69) is 24.1 Å². The van der Waals surface area contributed by atoms with Gasteiger partial charge in [0.2, 0.25) is 0 Å². The Bertz CT molecular complexity index is 345. The van der Waals surface area contributed by atoms with Crippen LogP contribution in [-0.4, -0.2) is 25.2 Å². The molecule has 0 unspecified atom stereocenters. The van der Waals surface area contributed by atoms with E-state index in [4.69, 9.17) is 9.15 Å². The molecule has 1 aromatic rings. The quantitative estimate of drug-likeness (QED) is 0.725. The Morgan fingerprint density at radius 3 is 2.78 bits per heavy atom. The molecule has 0 aromatic carbocycles. The van der Waals surface area contributed by atoms with E-state index in [1.54, 1.807) is 13.3 Å². The Hall–Kier alpha value is -0.870. The summed E-state index contributed by atoms with van der Waals surface area (Å²) in [7, 11) is 1.68. The van der Waals surface area contributed by atoms with Crippen molar-refractivity contribution in [1.29, 1.82) is 0 Å². The van der Waals surface area contributed by atoms with Crippen molar-refractivity contribution in [2.45, 2.75) is 46.1 Å². The highest BCUT2D eigenvalue weighted by Gasteiger charge is 2.24. The van der Waals surface area contributed by atoms with E-state index >= 15 is 0 Å². The largest absolute Gasteiger partial charge is 0.443 e. The zero-order valence-corrected chi connectivity index (χ0v) is 12.2. The minimum absolute atomic E-state index is 0.402. The summed E-state index contributed by atoms with van der Waals surface area (Å²) < 4.78 is 11.1. The Labute approximate surface area is 110 Å². The highest BCUT2D eigenvalue weighted by atomic mass is 16.5. The zero-order chi connectivity index (χ0) is 13.6. The lowest BCUT2D eigenvalue weighted by Gasteiger charge is -2.18. The van der Waals surface area contributed by atoms with Crippen LogP contribution < -0.4 is 5.32 Å². The molecule has 1 heterocycles. The van der Waals surface area contributed by atoms with Gasteiger partial charge in [-0.25, -0.2) is 4.98 Å². The molecule has 1 N–H and O–H groups in total. The molecule has 18 heavy (non-hydrogen) atoms. The molecular weight excluding hydrogens is 228 g/mol. The number of nitrogens with zero attached hydrogens (tertiary/aromatic N) is 1. The van der Waals surface area contributed by atoms with Gasteiger partial charge in [0.1, 0.15) is 5.60 Å². The number of oxazole rings is 1. The third-order valence-corrected chi connectivity index (χ3v) is 2.95. The molecule has 0 spiro atoms. The van der Waals surface area contributed by atoms with Crippen molar-refractivity contribution in [3.8, 4) is 0 Å². The van der Waals surface area contributed by atoms with Crippen molar-refractivity contribution >= 4 is 0 Å². The van der Waals surface area contributed by atoms with Crippen molar-refractivity contribution in [2.75, 3.05) is 20.2 Å². The predicted molar refractivity (Wildman–Crippen MR) is 72.6 cm³/mol. The van der Waals surface area contributed by atoms with Crippen molar-refractivity contribution < 1.29 is 9.15 Å². The third kappa shape index (κ3) is 4.78. The lowest BCUT2D eigenvalue weighted by atomic mass is 10.1. The molecule has 1 rings (SSSR count). The molecular formula is C14H26N2O2. The van der Waals surface area contributed by atoms with Gasteiger partial charge in [-0.1, -0.05) is 13.8 Å². The molecule has 4 heteroatoms. The van der Waals surface area contributed by atoms with Gasteiger partial charge in [-0.05, 0) is 39.3 Å². The van der Waals surface area contributed by atoms with Crippen molar-refractivity contribution in [3.63, 3.8) is 0 Å². The number of methoxy groups -OCH3 is 1. The first-order valence-electron chi connectivity index (χ1n) is 6.66. The fraction of sp³-hybridized carbons (Fsp3) is 0.786. The fourth-order valence-corrected chi connectivity index (χ4v) is 1.56. The SMILES string of the molecule is COC(C)(C)c1cnc(CCCNCC(C)C)o1. The summed E-state index contributed by atoms with van der Waals surface area (Å²) in [6.07, 6.45) is 3.67. The van der Waals surface area contributed by atoms with Crippen molar-refractivity contribution in [3.05, 3.63) is 17.8 Å². The highest BCUT2D eigenvalue weighted by Crippen LogP contribution is 2.24. The standard InChI is InChI=1S/C14H26N2O2/c1-11(2)9-15-8-6-7-13-16-10-12(18-13)14(3,4)17-5/h10-11,15H,6-9H2,1-5H3. The third-order valence-electron chi connectivity index (χ3n) is 2.95. The first kappa shape index (κ1) is 15.2. The van der Waals surface area contributed by atoms with Crippen molar-refractivity contribution in [1.82, 2.24) is 10.3 Å². The second-order valence-corrected chi connectivity index (χ2v) is 5.53. The van der Waals surface area contributed by atoms with Crippen LogP contribution in [0.2, 0.25) is 0 Å². The molecule has 0 aliphatic heterocycles. The molecule has 0 aliphatic rings. The number of hydrogen-bond acceptors (Lipinski definition) is 4. The number of nitrogens with one attached hydrogen (secondary N) is 1. The van der Waals surface area contributed by atoms with Gasteiger partial charge in [-0.2, -0.15) is 0 Å². The second-order valence-electron chi connectivity index (χ2n) is 5.53. The summed E-state index contributed by atoms with van der Waals surface area (Å²) >= 11 is 0. The van der Waals surface area contributed by atoms with Crippen LogP contribution in [0.4, 0.5) is 0 Å². The summed E-state index contributed by atoms with van der Waals surface area (Å²) in [6.45, 7) is 10.4. The minimum atomic E-state index is -0.402. The van der Waals surface area contributed by atoms with Crippen molar-refractivity contribution in [2.24, 2.45) is 5.92 Å². The molecule has 0 saturated heterocycles. The maximum absolute atomic E-state index is 5.70. The average Bonchev–Trinajstić information content (AvgIpc) is 2.77. The summed E-state index contributed by atoms with van der Waals surface area (Å²) in [4.78, 5) is 4.29. The number of aromatic nitrogens is 1. The Kier molecular flexibility index (Phi) is 5.82. The number of rotatable bonds is 8. The molecule has 0 bridgehead atoms. The number of aryl methyl sites for hydroxylation is 1. The zero-order valence-electron chi connectivity index (χ0n) is 12.2. The highest BCUT2D eigenvalue weighted by molar-refractivity contribution is 5.03. The molecule has 0 amide bonds. The molecule has 0 aliphatic carbocycles. The Balaban J connectivity index is 2.32. The van der Waals surface area contributed by atoms with Crippen LogP contribution in [0.1, 0.15) is 45.8 Å². The van der Waals surface area contributed by atoms with Gasteiger partial charge in [-0.15, -0.1) is 0 Å². The molecule has 0 atom stereocenters. The smallest absolute Gasteiger partial charge is 0.194 e. The lowest BCUT2D eigenvalue weighted by Crippen LogP contribution is -2.21. The van der Waals surface area contributed by atoms with Crippen LogP contribution in [0.5, 0.6) is 0 Å². The average molecular weight is 254 g/mol. The van der Waals surface area contributed by atoms with E-state index in [-0.39, 0.29) is 0 Å². The first-order chi connectivity index (χ1) is 8.45. The van der Waals surface area contributed by atoms with Gasteiger partial charge in [0.15, 0.2) is 11.7 Å². The summed E-state index contributed by atoms with van der Waals surface area (Å²) in [5.41, 5.74) is -0.402. The Morgan fingerprint density at radius 1 is 1.44 bits per heavy atom. The number of ether oxygens (including phenoxy) is 1. The second kappa shape index (κ2) is 6.90. The molecule has 0 radical (unpaired) electrons. The van der Waals surface area contributed by atoms with Crippen LogP contribution in [0, 0.1) is 5.92 Å². The minimum Gasteiger partial charge on any atom is -0.443 e. The van der Waals surface area contributed by atoms with Gasteiger partial charge >= 0.3 is 0 Å². The first-order valence-corrected chi connectivity index (χ1v) is 6.66. The summed E-state index contributed by atoms with van der Waals surface area (Å²) in [5.74, 6) is 2.28. The van der Waals surface area contributed by atoms with Gasteiger partial charge < -0.3 is 14.5 Å². The Morgan fingerprint density at radius 2 is 2.17 bits per heavy atom. The summed E-state index contributed by atoms with van der Waals surface area (Å²) in [5, 5.41) is 3.41. The van der Waals surface area contributed by atoms with Gasteiger partial charge in [-0.3, -0.25) is 0 Å². The molecule has 104 valence electrons. The van der Waals surface area contributed by atoms with E-state index in [0.717, 1.165) is 37.6 Å². The van der Waals surface area contributed by atoms with Gasteiger partial charge in [0.05, 0.1) is 6.20 Å². The maximum atomic E-state index is 5.70. The predicted octanol–water partition coefficient (Wildman–Crippen LogP) is 2.73. The van der Waals surface area contributed by atoms with Gasteiger partial charge in [0.25, 0.3) is 0 Å². The van der Waals surface area contributed by atoms with Crippen LogP contribution in [0.3, 0.4) is 0 Å².